The van der Waals surface area contributed by atoms with E-state index in [0.29, 0.717) is 44.2 Å². The SMILES string of the molecule is C.CCOC(=O)CC1CN=C(c2cc3cc(OCCOC)cc(N)c3[nH]2)S1.O.O.Sc1cccs1. The third-order valence-electron chi connectivity index (χ3n) is 4.44. The smallest absolute Gasteiger partial charge is 0.306 e. The lowest BCUT2D eigenvalue weighted by Crippen LogP contribution is -2.14. The first kappa shape index (κ1) is 32.8. The minimum absolute atomic E-state index is 0. The molecule has 0 radical (unpaired) electrons. The maximum Gasteiger partial charge on any atom is 0.306 e. The van der Waals surface area contributed by atoms with Crippen LogP contribution in [0.1, 0.15) is 26.5 Å². The highest BCUT2D eigenvalue weighted by Crippen LogP contribution is 2.32. The first-order valence-corrected chi connectivity index (χ1v) is 12.3. The molecule has 0 spiro atoms. The number of hydrogen-bond donors (Lipinski definition) is 3. The lowest BCUT2D eigenvalue weighted by atomic mass is 10.2. The third-order valence-corrected chi connectivity index (χ3v) is 6.80. The van der Waals surface area contributed by atoms with Crippen LogP contribution in [0.2, 0.25) is 0 Å². The van der Waals surface area contributed by atoms with E-state index in [9.17, 15) is 4.79 Å². The Bertz CT molecular complexity index is 1060. The normalized spacial score (nSPS) is 13.9. The van der Waals surface area contributed by atoms with Crippen LogP contribution in [0.3, 0.4) is 0 Å². The van der Waals surface area contributed by atoms with E-state index < -0.39 is 0 Å². The van der Waals surface area contributed by atoms with E-state index in [2.05, 4.69) is 22.6 Å². The van der Waals surface area contributed by atoms with Crippen molar-refractivity contribution in [3.8, 4) is 5.75 Å². The zero-order valence-electron chi connectivity index (χ0n) is 19.0. The number of methoxy groups -OCH3 is 1. The Kier molecular flexibility index (Phi) is 15.4. The second-order valence-corrected chi connectivity index (χ2v) is 9.87. The van der Waals surface area contributed by atoms with Crippen LogP contribution in [0.15, 0.2) is 44.9 Å². The number of ether oxygens (including phenoxy) is 3. The van der Waals surface area contributed by atoms with Crippen LogP contribution in [-0.2, 0) is 14.3 Å². The van der Waals surface area contributed by atoms with Gasteiger partial charge in [0, 0.05) is 23.8 Å². The van der Waals surface area contributed by atoms with Gasteiger partial charge >= 0.3 is 5.97 Å². The lowest BCUT2D eigenvalue weighted by Gasteiger charge is -2.07. The summed E-state index contributed by atoms with van der Waals surface area (Å²) in [6.07, 6.45) is 0.366. The van der Waals surface area contributed by atoms with E-state index >= 15 is 0 Å². The van der Waals surface area contributed by atoms with Crippen LogP contribution < -0.4 is 10.5 Å². The molecule has 1 aliphatic rings. The van der Waals surface area contributed by atoms with Crippen molar-refractivity contribution in [2.24, 2.45) is 4.99 Å². The summed E-state index contributed by atoms with van der Waals surface area (Å²) in [7, 11) is 1.63. The van der Waals surface area contributed by atoms with Crippen LogP contribution in [0.5, 0.6) is 5.75 Å². The number of benzene rings is 1. The number of rotatable bonds is 8. The van der Waals surface area contributed by atoms with Gasteiger partial charge < -0.3 is 35.9 Å². The topological polar surface area (TPSA) is 162 Å². The minimum atomic E-state index is -0.180. The molecule has 0 saturated heterocycles. The summed E-state index contributed by atoms with van der Waals surface area (Å²) in [5, 5.41) is 3.96. The molecule has 2 aromatic heterocycles. The molecule has 0 saturated carbocycles. The van der Waals surface area contributed by atoms with E-state index in [1.807, 2.05) is 36.6 Å². The molecule has 9 nitrogen and oxygen atoms in total. The number of aliphatic imine (C=N–C) groups is 1. The van der Waals surface area contributed by atoms with Crippen molar-refractivity contribution in [1.29, 1.82) is 0 Å². The van der Waals surface area contributed by atoms with Crippen LogP contribution in [0.4, 0.5) is 5.69 Å². The quantitative estimate of drug-likeness (QED) is 0.169. The predicted molar refractivity (Wildman–Crippen MR) is 150 cm³/mol. The maximum atomic E-state index is 11.6. The highest BCUT2D eigenvalue weighted by molar-refractivity contribution is 8.15. The Hall–Kier alpha value is -2.22. The molecule has 7 N–H and O–H groups in total. The molecule has 12 heteroatoms. The molecule has 3 aromatic rings. The Morgan fingerprint density at radius 3 is 2.66 bits per heavy atom. The molecular formula is C23H35N3O6S3. The second kappa shape index (κ2) is 16.5. The van der Waals surface area contributed by atoms with Crippen molar-refractivity contribution in [1.82, 2.24) is 4.98 Å². The summed E-state index contributed by atoms with van der Waals surface area (Å²) in [5.41, 5.74) is 8.53. The molecule has 0 bridgehead atoms. The number of thioether (sulfide) groups is 1. The van der Waals surface area contributed by atoms with Crippen molar-refractivity contribution >= 4 is 63.3 Å². The monoisotopic (exact) mass is 545 g/mol. The Labute approximate surface area is 219 Å². The molecule has 0 aliphatic carbocycles. The Balaban J connectivity index is 0.00000113. The number of aromatic amines is 1. The van der Waals surface area contributed by atoms with Gasteiger partial charge in [-0.15, -0.1) is 24.0 Å². The fraction of sp³-hybridized carbons (Fsp3) is 0.391. The van der Waals surface area contributed by atoms with Gasteiger partial charge in [-0.2, -0.15) is 0 Å². The average Bonchev–Trinajstić information content (AvgIpc) is 3.50. The van der Waals surface area contributed by atoms with E-state index in [1.165, 1.54) is 0 Å². The zero-order valence-corrected chi connectivity index (χ0v) is 21.5. The van der Waals surface area contributed by atoms with Crippen LogP contribution in [0, 0.1) is 0 Å². The summed E-state index contributed by atoms with van der Waals surface area (Å²) >= 11 is 7.29. The van der Waals surface area contributed by atoms with Gasteiger partial charge in [-0.3, -0.25) is 9.79 Å². The van der Waals surface area contributed by atoms with Crippen molar-refractivity contribution in [3.05, 3.63) is 41.4 Å². The molecular weight excluding hydrogens is 510 g/mol. The molecule has 35 heavy (non-hydrogen) atoms. The van der Waals surface area contributed by atoms with Crippen LogP contribution in [0.25, 0.3) is 10.9 Å². The first-order valence-electron chi connectivity index (χ1n) is 10.1. The van der Waals surface area contributed by atoms with Gasteiger partial charge in [0.15, 0.2) is 0 Å². The van der Waals surface area contributed by atoms with E-state index in [4.69, 9.17) is 19.9 Å². The molecule has 1 aromatic carbocycles. The standard InChI is InChI=1S/C18H23N3O4S.C4H4S2.CH4.2H2O/c1-3-24-16(22)9-13-10-20-18(26-13)15-7-11-6-12(25-5-4-23-2)8-14(19)17(11)21-15;5-4-2-1-3-6-4;;;/h6-8,13,21H,3-5,9-10,19H2,1-2H3;1-3,5H;1H4;2*1H2. The van der Waals surface area contributed by atoms with Gasteiger partial charge in [0.1, 0.15) is 17.4 Å². The van der Waals surface area contributed by atoms with Crippen LogP contribution in [-0.4, -0.2) is 65.7 Å². The molecule has 196 valence electrons. The second-order valence-electron chi connectivity index (χ2n) is 6.85. The number of hydrogen-bond acceptors (Lipinski definition) is 9. The molecule has 3 heterocycles. The van der Waals surface area contributed by atoms with Crippen molar-refractivity contribution in [2.45, 2.75) is 30.2 Å². The number of anilines is 1. The largest absolute Gasteiger partial charge is 0.491 e. The minimum Gasteiger partial charge on any atom is -0.491 e. The van der Waals surface area contributed by atoms with Gasteiger partial charge in [0.2, 0.25) is 0 Å². The van der Waals surface area contributed by atoms with Crippen molar-refractivity contribution in [3.63, 3.8) is 0 Å². The predicted octanol–water partition coefficient (Wildman–Crippen LogP) is 3.61. The summed E-state index contributed by atoms with van der Waals surface area (Å²) in [6, 6.07) is 9.69. The fourth-order valence-corrected chi connectivity index (χ4v) is 4.83. The number of thiol groups is 1. The number of thiophene rings is 1. The van der Waals surface area contributed by atoms with Crippen molar-refractivity contribution < 1.29 is 30.0 Å². The number of H-pyrrole nitrogens is 1. The number of carbonyl (C=O) groups excluding carboxylic acids is 1. The number of nitrogens with zero attached hydrogens (tertiary/aromatic N) is 1. The fourth-order valence-electron chi connectivity index (χ4n) is 3.03. The molecule has 0 fully saturated rings. The summed E-state index contributed by atoms with van der Waals surface area (Å²) in [5.74, 6) is 0.527. The number of nitrogens with two attached hydrogens (primary N) is 1. The molecule has 1 unspecified atom stereocenters. The number of fused-ring (bicyclic) bond motifs is 1. The number of carbonyl (C=O) groups is 1. The van der Waals surface area contributed by atoms with E-state index in [-0.39, 0.29) is 29.6 Å². The van der Waals surface area contributed by atoms with Crippen molar-refractivity contribution in [2.75, 3.05) is 39.2 Å². The van der Waals surface area contributed by atoms with Gasteiger partial charge in [0.25, 0.3) is 0 Å². The average molecular weight is 546 g/mol. The molecule has 0 amide bonds. The third kappa shape index (κ3) is 9.74. The van der Waals surface area contributed by atoms with Crippen LogP contribution >= 0.6 is 35.7 Å². The zero-order chi connectivity index (χ0) is 22.9. The number of nitrogens with one attached hydrogen (secondary N) is 1. The lowest BCUT2D eigenvalue weighted by molar-refractivity contribution is -0.143. The van der Waals surface area contributed by atoms with Gasteiger partial charge in [-0.1, -0.05) is 25.3 Å². The number of esters is 1. The number of aromatic nitrogens is 1. The highest BCUT2D eigenvalue weighted by Gasteiger charge is 2.25. The summed E-state index contributed by atoms with van der Waals surface area (Å²) < 4.78 is 16.7. The summed E-state index contributed by atoms with van der Waals surface area (Å²) in [4.78, 5) is 19.5. The maximum absolute atomic E-state index is 11.6. The highest BCUT2D eigenvalue weighted by atomic mass is 32.2. The van der Waals surface area contributed by atoms with E-state index in [0.717, 1.165) is 25.8 Å². The molecule has 1 aliphatic heterocycles. The van der Waals surface area contributed by atoms with Gasteiger partial charge in [-0.25, -0.2) is 0 Å². The Morgan fingerprint density at radius 1 is 1.29 bits per heavy atom. The number of nitrogen functional groups attached to an aromatic ring is 1. The summed E-state index contributed by atoms with van der Waals surface area (Å²) in [6.45, 7) is 3.81. The van der Waals surface area contributed by atoms with Gasteiger partial charge in [0.05, 0.1) is 47.3 Å². The molecule has 1 atom stereocenters. The Morgan fingerprint density at radius 2 is 2.06 bits per heavy atom. The molecule has 4 rings (SSSR count). The van der Waals surface area contributed by atoms with Gasteiger partial charge in [-0.05, 0) is 30.5 Å². The van der Waals surface area contributed by atoms with E-state index in [1.54, 1.807) is 36.3 Å². The first-order chi connectivity index (χ1) is 15.5.